The van der Waals surface area contributed by atoms with Crippen molar-refractivity contribution in [2.24, 2.45) is 0 Å². The number of hydrogen-bond donors (Lipinski definition) is 5. The van der Waals surface area contributed by atoms with Crippen LogP contribution in [0.3, 0.4) is 0 Å². The Kier molecular flexibility index (Phi) is 8.65. The average Bonchev–Trinajstić information content (AvgIpc) is 2.68. The molecular weight excluding hydrogens is 352 g/mol. The topological polar surface area (TPSA) is 138 Å². The van der Waals surface area contributed by atoms with Crippen LogP contribution in [0.2, 0.25) is 0 Å². The standard InChI is InChI=1S/C17H26N6O4/c24-10-6-22(7-11-25)16-19-15(18-14-4-2-1-3-5-14)20-17(21-16)23(8-12-26)9-13-27/h1-5,24-27H,6-13H2,(H,18,19,20,21). The van der Waals surface area contributed by atoms with Gasteiger partial charge in [0.2, 0.25) is 17.8 Å². The molecule has 0 spiro atoms. The lowest BCUT2D eigenvalue weighted by Crippen LogP contribution is -2.34. The van der Waals surface area contributed by atoms with Crippen molar-refractivity contribution in [3.05, 3.63) is 30.3 Å². The maximum absolute atomic E-state index is 9.29. The summed E-state index contributed by atoms with van der Waals surface area (Å²) in [4.78, 5) is 16.4. The van der Waals surface area contributed by atoms with E-state index in [1.807, 2.05) is 30.3 Å². The van der Waals surface area contributed by atoms with Crippen molar-refractivity contribution in [1.29, 1.82) is 0 Å². The maximum Gasteiger partial charge on any atom is 0.233 e. The molecule has 27 heavy (non-hydrogen) atoms. The van der Waals surface area contributed by atoms with Gasteiger partial charge < -0.3 is 35.5 Å². The fraction of sp³-hybridized carbons (Fsp3) is 0.471. The Hall–Kier alpha value is -2.53. The molecule has 2 rings (SSSR count). The highest BCUT2D eigenvalue weighted by molar-refractivity contribution is 5.56. The molecule has 148 valence electrons. The van der Waals surface area contributed by atoms with E-state index in [9.17, 15) is 20.4 Å². The Morgan fingerprint density at radius 3 is 1.52 bits per heavy atom. The van der Waals surface area contributed by atoms with Crippen LogP contribution in [-0.4, -0.2) is 88.0 Å². The summed E-state index contributed by atoms with van der Waals surface area (Å²) in [5.74, 6) is 0.841. The number of anilines is 4. The molecule has 0 aliphatic rings. The Labute approximate surface area is 157 Å². The summed E-state index contributed by atoms with van der Waals surface area (Å²) in [6, 6.07) is 9.37. The van der Waals surface area contributed by atoms with E-state index in [0.717, 1.165) is 5.69 Å². The summed E-state index contributed by atoms with van der Waals surface area (Å²) in [6.07, 6.45) is 0. The van der Waals surface area contributed by atoms with Crippen molar-refractivity contribution < 1.29 is 20.4 Å². The highest BCUT2D eigenvalue weighted by Gasteiger charge is 2.17. The highest BCUT2D eigenvalue weighted by Crippen LogP contribution is 2.19. The fourth-order valence-electron chi connectivity index (χ4n) is 2.45. The first-order chi connectivity index (χ1) is 13.2. The summed E-state index contributed by atoms with van der Waals surface area (Å²) in [6.45, 7) is 0.477. The molecule has 0 saturated carbocycles. The molecule has 10 heteroatoms. The number of nitrogens with zero attached hydrogens (tertiary/aromatic N) is 5. The molecule has 5 N–H and O–H groups in total. The molecular formula is C17H26N6O4. The van der Waals surface area contributed by atoms with Crippen LogP contribution in [0.5, 0.6) is 0 Å². The van der Waals surface area contributed by atoms with Gasteiger partial charge in [-0.15, -0.1) is 0 Å². The van der Waals surface area contributed by atoms with E-state index in [-0.39, 0.29) is 70.5 Å². The first-order valence-corrected chi connectivity index (χ1v) is 8.73. The Balaban J connectivity index is 2.41. The minimum absolute atomic E-state index is 0.126. The van der Waals surface area contributed by atoms with Crippen LogP contribution in [0.25, 0.3) is 0 Å². The van der Waals surface area contributed by atoms with Crippen LogP contribution in [0.1, 0.15) is 0 Å². The largest absolute Gasteiger partial charge is 0.395 e. The van der Waals surface area contributed by atoms with Crippen LogP contribution < -0.4 is 15.1 Å². The molecule has 0 saturated heterocycles. The minimum atomic E-state index is -0.126. The highest BCUT2D eigenvalue weighted by atomic mass is 16.3. The van der Waals surface area contributed by atoms with Gasteiger partial charge in [-0.1, -0.05) is 18.2 Å². The van der Waals surface area contributed by atoms with Crippen LogP contribution in [0.15, 0.2) is 30.3 Å². The molecule has 0 fully saturated rings. The van der Waals surface area contributed by atoms with Gasteiger partial charge in [-0.2, -0.15) is 15.0 Å². The quantitative estimate of drug-likeness (QED) is 0.319. The third kappa shape index (κ3) is 6.29. The zero-order valence-corrected chi connectivity index (χ0v) is 15.1. The second kappa shape index (κ2) is 11.2. The van der Waals surface area contributed by atoms with E-state index in [2.05, 4.69) is 20.3 Å². The van der Waals surface area contributed by atoms with Crippen LogP contribution in [-0.2, 0) is 0 Å². The minimum Gasteiger partial charge on any atom is -0.395 e. The molecule has 2 aromatic rings. The lowest BCUT2D eigenvalue weighted by Gasteiger charge is -2.25. The molecule has 0 radical (unpaired) electrons. The molecule has 1 aromatic heterocycles. The summed E-state index contributed by atoms with van der Waals surface area (Å²) >= 11 is 0. The Bertz CT molecular complexity index is 629. The van der Waals surface area contributed by atoms with E-state index >= 15 is 0 Å². The lowest BCUT2D eigenvalue weighted by atomic mass is 10.3. The summed E-state index contributed by atoms with van der Waals surface area (Å²) in [7, 11) is 0. The monoisotopic (exact) mass is 378 g/mol. The van der Waals surface area contributed by atoms with E-state index in [0.29, 0.717) is 0 Å². The predicted octanol–water partition coefficient (Wildman–Crippen LogP) is -0.803. The molecule has 10 nitrogen and oxygen atoms in total. The van der Waals surface area contributed by atoms with Gasteiger partial charge in [0.1, 0.15) is 0 Å². The number of aromatic nitrogens is 3. The van der Waals surface area contributed by atoms with Gasteiger partial charge in [-0.25, -0.2) is 0 Å². The lowest BCUT2D eigenvalue weighted by molar-refractivity contribution is 0.279. The number of rotatable bonds is 12. The molecule has 0 atom stereocenters. The second-order valence-corrected chi connectivity index (χ2v) is 5.62. The zero-order chi connectivity index (χ0) is 19.5. The van der Waals surface area contributed by atoms with Crippen LogP contribution in [0.4, 0.5) is 23.5 Å². The van der Waals surface area contributed by atoms with Crippen LogP contribution in [0, 0.1) is 0 Å². The number of hydrogen-bond acceptors (Lipinski definition) is 10. The Morgan fingerprint density at radius 2 is 1.11 bits per heavy atom. The van der Waals surface area contributed by atoms with Crippen molar-refractivity contribution in [2.75, 3.05) is 67.7 Å². The van der Waals surface area contributed by atoms with Crippen molar-refractivity contribution in [3.8, 4) is 0 Å². The zero-order valence-electron chi connectivity index (χ0n) is 15.1. The first kappa shape index (κ1) is 20.8. The van der Waals surface area contributed by atoms with Gasteiger partial charge >= 0.3 is 0 Å². The SMILES string of the molecule is OCCN(CCO)c1nc(Nc2ccccc2)nc(N(CCO)CCO)n1. The van der Waals surface area contributed by atoms with Gasteiger partial charge in [-0.3, -0.25) is 0 Å². The number of aliphatic hydroxyl groups is 4. The third-order valence-corrected chi connectivity index (χ3v) is 3.69. The number of aliphatic hydroxyl groups excluding tert-OH is 4. The van der Waals surface area contributed by atoms with Gasteiger partial charge in [0.15, 0.2) is 0 Å². The van der Waals surface area contributed by atoms with Crippen molar-refractivity contribution in [2.45, 2.75) is 0 Å². The van der Waals surface area contributed by atoms with Crippen LogP contribution >= 0.6 is 0 Å². The first-order valence-electron chi connectivity index (χ1n) is 8.73. The smallest absolute Gasteiger partial charge is 0.233 e. The van der Waals surface area contributed by atoms with Crippen molar-refractivity contribution in [1.82, 2.24) is 15.0 Å². The van der Waals surface area contributed by atoms with Crippen molar-refractivity contribution >= 4 is 23.5 Å². The molecule has 0 aliphatic carbocycles. The summed E-state index contributed by atoms with van der Waals surface area (Å²) < 4.78 is 0. The van der Waals surface area contributed by atoms with Gasteiger partial charge in [0.05, 0.1) is 26.4 Å². The molecule has 0 bridgehead atoms. The molecule has 1 aromatic carbocycles. The van der Waals surface area contributed by atoms with Gasteiger partial charge in [-0.05, 0) is 12.1 Å². The summed E-state index contributed by atoms with van der Waals surface area (Å²) in [5.41, 5.74) is 0.785. The summed E-state index contributed by atoms with van der Waals surface area (Å²) in [5, 5.41) is 40.3. The third-order valence-electron chi connectivity index (χ3n) is 3.69. The number of nitrogens with one attached hydrogen (secondary N) is 1. The maximum atomic E-state index is 9.29. The van der Waals surface area contributed by atoms with Gasteiger partial charge in [0.25, 0.3) is 0 Å². The molecule has 0 amide bonds. The predicted molar refractivity (Wildman–Crippen MR) is 102 cm³/mol. The number of para-hydroxylation sites is 1. The normalized spacial score (nSPS) is 10.7. The average molecular weight is 378 g/mol. The van der Waals surface area contributed by atoms with Gasteiger partial charge in [0, 0.05) is 31.9 Å². The van der Waals surface area contributed by atoms with E-state index in [1.165, 1.54) is 0 Å². The molecule has 1 heterocycles. The molecule has 0 unspecified atom stereocenters. The second-order valence-electron chi connectivity index (χ2n) is 5.62. The van der Waals surface area contributed by atoms with E-state index in [4.69, 9.17) is 0 Å². The van der Waals surface area contributed by atoms with E-state index < -0.39 is 0 Å². The fourth-order valence-corrected chi connectivity index (χ4v) is 2.45. The van der Waals surface area contributed by atoms with E-state index in [1.54, 1.807) is 9.80 Å². The Morgan fingerprint density at radius 1 is 0.667 bits per heavy atom. The molecule has 0 aliphatic heterocycles. The number of benzene rings is 1. The van der Waals surface area contributed by atoms with Crippen molar-refractivity contribution in [3.63, 3.8) is 0 Å².